The number of hydrazone groups is 1. The molecule has 0 bridgehead atoms. The molecule has 7 heteroatoms. The van der Waals surface area contributed by atoms with Crippen LogP contribution in [0.1, 0.15) is 18.5 Å². The van der Waals surface area contributed by atoms with Crippen molar-refractivity contribution in [2.24, 2.45) is 5.10 Å². The number of anilines is 1. The van der Waals surface area contributed by atoms with Gasteiger partial charge in [-0.2, -0.15) is 5.10 Å². The molecule has 0 aliphatic carbocycles. The van der Waals surface area contributed by atoms with Gasteiger partial charge >= 0.3 is 0 Å². The molecular weight excluding hydrogens is 363 g/mol. The summed E-state index contributed by atoms with van der Waals surface area (Å²) < 4.78 is 18.5. The zero-order valence-corrected chi connectivity index (χ0v) is 16.0. The molecule has 0 aromatic heterocycles. The third-order valence-electron chi connectivity index (χ3n) is 4.36. The molecule has 0 unspecified atom stereocenters. The molecule has 1 heterocycles. The lowest BCUT2D eigenvalue weighted by atomic mass is 10.0. The van der Waals surface area contributed by atoms with Crippen LogP contribution >= 0.6 is 12.2 Å². The van der Waals surface area contributed by atoms with E-state index in [0.717, 1.165) is 18.8 Å². The Morgan fingerprint density at radius 3 is 2.44 bits per heavy atom. The quantitative estimate of drug-likeness (QED) is 0.467. The zero-order chi connectivity index (χ0) is 19.1. The van der Waals surface area contributed by atoms with E-state index in [1.807, 2.05) is 25.1 Å². The summed E-state index contributed by atoms with van der Waals surface area (Å²) in [6.07, 6.45) is 0. The molecule has 2 aromatic rings. The van der Waals surface area contributed by atoms with Gasteiger partial charge in [-0.15, -0.1) is 0 Å². The summed E-state index contributed by atoms with van der Waals surface area (Å²) in [6.45, 7) is 5.12. The van der Waals surface area contributed by atoms with Gasteiger partial charge in [0.2, 0.25) is 0 Å². The van der Waals surface area contributed by atoms with Crippen molar-refractivity contribution < 1.29 is 9.13 Å². The van der Waals surface area contributed by atoms with Gasteiger partial charge in [0.1, 0.15) is 5.82 Å². The predicted octanol–water partition coefficient (Wildman–Crippen LogP) is 3.56. The number of nitrogens with one attached hydrogen (secondary N) is 2. The van der Waals surface area contributed by atoms with Crippen molar-refractivity contribution in [2.75, 3.05) is 31.6 Å². The highest BCUT2D eigenvalue weighted by atomic mass is 32.1. The van der Waals surface area contributed by atoms with E-state index < -0.39 is 0 Å². The largest absolute Gasteiger partial charge is 0.379 e. The second kappa shape index (κ2) is 9.55. The number of rotatable bonds is 5. The van der Waals surface area contributed by atoms with E-state index in [0.29, 0.717) is 24.0 Å². The van der Waals surface area contributed by atoms with E-state index in [1.165, 1.54) is 17.7 Å². The van der Waals surface area contributed by atoms with Crippen molar-refractivity contribution in [3.8, 4) is 0 Å². The molecule has 1 fully saturated rings. The van der Waals surface area contributed by atoms with Crippen LogP contribution in [-0.4, -0.2) is 42.0 Å². The Labute approximate surface area is 164 Å². The minimum absolute atomic E-state index is 0.0521. The Morgan fingerprint density at radius 1 is 1.11 bits per heavy atom. The average Bonchev–Trinajstić information content (AvgIpc) is 2.70. The molecule has 0 spiro atoms. The highest BCUT2D eigenvalue weighted by Crippen LogP contribution is 2.23. The lowest BCUT2D eigenvalue weighted by Crippen LogP contribution is -2.42. The minimum Gasteiger partial charge on any atom is -0.379 e. The van der Waals surface area contributed by atoms with Crippen LogP contribution in [0.4, 0.5) is 10.1 Å². The Bertz CT molecular complexity index is 776. The molecule has 5 nitrogen and oxygen atoms in total. The number of hydrogen-bond donors (Lipinski definition) is 2. The number of benzene rings is 2. The van der Waals surface area contributed by atoms with E-state index in [1.54, 1.807) is 12.1 Å². The van der Waals surface area contributed by atoms with Gasteiger partial charge in [0.25, 0.3) is 0 Å². The molecule has 1 saturated heterocycles. The summed E-state index contributed by atoms with van der Waals surface area (Å²) >= 11 is 5.29. The first kappa shape index (κ1) is 19.4. The monoisotopic (exact) mass is 386 g/mol. The molecule has 1 aliphatic rings. The number of halogens is 1. The Balaban J connectivity index is 1.69. The Kier molecular flexibility index (Phi) is 6.86. The maximum atomic E-state index is 13.0. The third kappa shape index (κ3) is 5.56. The molecule has 27 heavy (non-hydrogen) atoms. The summed E-state index contributed by atoms with van der Waals surface area (Å²) in [5.74, 6) is -0.287. The van der Waals surface area contributed by atoms with Crippen molar-refractivity contribution in [3.63, 3.8) is 0 Å². The number of thiocarbonyl (C=S) groups is 1. The van der Waals surface area contributed by atoms with Crippen LogP contribution in [-0.2, 0) is 4.74 Å². The van der Waals surface area contributed by atoms with Crippen LogP contribution in [0.2, 0.25) is 0 Å². The molecule has 1 atom stereocenters. The Morgan fingerprint density at radius 2 is 1.78 bits per heavy atom. The van der Waals surface area contributed by atoms with Gasteiger partial charge in [-0.25, -0.2) is 4.39 Å². The lowest BCUT2D eigenvalue weighted by molar-refractivity contribution is 0.0285. The molecular formula is C20H23FN4OS. The number of hydrogen-bond acceptors (Lipinski definition) is 4. The molecule has 2 N–H and O–H groups in total. The first-order valence-electron chi connectivity index (χ1n) is 8.87. The zero-order valence-electron chi connectivity index (χ0n) is 15.2. The van der Waals surface area contributed by atoms with E-state index in [-0.39, 0.29) is 11.9 Å². The predicted molar refractivity (Wildman–Crippen MR) is 110 cm³/mol. The van der Waals surface area contributed by atoms with Gasteiger partial charge in [0.15, 0.2) is 5.11 Å². The van der Waals surface area contributed by atoms with E-state index >= 15 is 0 Å². The summed E-state index contributed by atoms with van der Waals surface area (Å²) in [4.78, 5) is 2.36. The van der Waals surface area contributed by atoms with Crippen LogP contribution < -0.4 is 10.7 Å². The third-order valence-corrected chi connectivity index (χ3v) is 4.55. The van der Waals surface area contributed by atoms with Crippen LogP contribution in [0.15, 0.2) is 59.7 Å². The highest BCUT2D eigenvalue weighted by molar-refractivity contribution is 7.80. The molecule has 2 aromatic carbocycles. The summed E-state index contributed by atoms with van der Waals surface area (Å²) in [5.41, 5.74) is 5.68. The molecule has 1 aliphatic heterocycles. The number of nitrogens with zero attached hydrogens (tertiary/aromatic N) is 2. The van der Waals surface area contributed by atoms with Crippen molar-refractivity contribution in [2.45, 2.75) is 13.0 Å². The topological polar surface area (TPSA) is 48.9 Å². The fourth-order valence-corrected chi connectivity index (χ4v) is 3.24. The van der Waals surface area contributed by atoms with Gasteiger partial charge in [-0.3, -0.25) is 10.3 Å². The van der Waals surface area contributed by atoms with E-state index in [4.69, 9.17) is 17.0 Å². The fraction of sp³-hybridized carbons (Fsp3) is 0.300. The summed E-state index contributed by atoms with van der Waals surface area (Å²) in [7, 11) is 0. The van der Waals surface area contributed by atoms with Gasteiger partial charge in [0, 0.05) is 18.8 Å². The maximum Gasteiger partial charge on any atom is 0.191 e. The summed E-state index contributed by atoms with van der Waals surface area (Å²) in [5, 5.41) is 7.85. The standard InChI is InChI=1S/C20H23FN4OS/c1-15(23-24-20(27)22-18-9-7-17(21)8-10-18)19(16-5-3-2-4-6-16)25-11-13-26-14-12-25/h2-10,19H,11-14H2,1H3,(H2,22,24,27)/b23-15-/t19-/m0/s1. The fourth-order valence-electron chi connectivity index (χ4n) is 3.08. The normalized spacial score (nSPS) is 16.6. The highest BCUT2D eigenvalue weighted by Gasteiger charge is 2.25. The molecule has 0 saturated carbocycles. The molecule has 0 radical (unpaired) electrons. The van der Waals surface area contributed by atoms with Crippen molar-refractivity contribution in [3.05, 3.63) is 66.0 Å². The molecule has 3 rings (SSSR count). The number of ether oxygens (including phenoxy) is 1. The Hall–Kier alpha value is -2.35. The van der Waals surface area contributed by atoms with E-state index in [9.17, 15) is 4.39 Å². The van der Waals surface area contributed by atoms with Crippen LogP contribution in [0.25, 0.3) is 0 Å². The average molecular weight is 386 g/mol. The first-order valence-corrected chi connectivity index (χ1v) is 9.28. The van der Waals surface area contributed by atoms with Gasteiger partial charge in [-0.05, 0) is 49.0 Å². The SMILES string of the molecule is C/C(=N/NC(=S)Nc1ccc(F)cc1)[C@@H](c1ccccc1)N1CCOCC1. The second-order valence-electron chi connectivity index (χ2n) is 6.29. The summed E-state index contributed by atoms with van der Waals surface area (Å²) in [6, 6.07) is 16.3. The van der Waals surface area contributed by atoms with Gasteiger partial charge in [-0.1, -0.05) is 30.3 Å². The van der Waals surface area contributed by atoms with Crippen molar-refractivity contribution >= 4 is 28.7 Å². The second-order valence-corrected chi connectivity index (χ2v) is 6.70. The van der Waals surface area contributed by atoms with Gasteiger partial charge in [0.05, 0.1) is 25.0 Å². The first-order chi connectivity index (χ1) is 13.1. The minimum atomic E-state index is -0.287. The smallest absolute Gasteiger partial charge is 0.191 e. The van der Waals surface area contributed by atoms with Crippen molar-refractivity contribution in [1.82, 2.24) is 10.3 Å². The maximum absolute atomic E-state index is 13.0. The van der Waals surface area contributed by atoms with Crippen LogP contribution in [0.5, 0.6) is 0 Å². The van der Waals surface area contributed by atoms with Crippen LogP contribution in [0.3, 0.4) is 0 Å². The van der Waals surface area contributed by atoms with Gasteiger partial charge < -0.3 is 10.1 Å². The van der Waals surface area contributed by atoms with Crippen molar-refractivity contribution in [1.29, 1.82) is 0 Å². The number of morpholine rings is 1. The van der Waals surface area contributed by atoms with Crippen LogP contribution in [0, 0.1) is 5.82 Å². The molecule has 142 valence electrons. The van der Waals surface area contributed by atoms with E-state index in [2.05, 4.69) is 32.9 Å². The lowest BCUT2D eigenvalue weighted by Gasteiger charge is -2.34. The molecule has 0 amide bonds.